The molecule has 120 valence electrons. The van der Waals surface area contributed by atoms with Gasteiger partial charge in [-0.05, 0) is 25.2 Å². The van der Waals surface area contributed by atoms with Crippen LogP contribution >= 0.6 is 0 Å². The summed E-state index contributed by atoms with van der Waals surface area (Å²) in [5.41, 5.74) is 0. The fraction of sp³-hybridized carbons (Fsp3) is 0.944. The van der Waals surface area contributed by atoms with Crippen LogP contribution in [0.2, 0.25) is 0 Å². The standard InChI is InChI=1S/C18H36O2/c1-6-8-9-10-12-15(3)13-11-14-16(4)17(5)20-18(19)7-2/h15-17H,6-14H2,1-5H3/t15-,16-,17-/m0/s1. The molecule has 0 saturated carbocycles. The van der Waals surface area contributed by atoms with E-state index in [1.165, 1.54) is 44.9 Å². The molecule has 0 heterocycles. The highest BCUT2D eigenvalue weighted by molar-refractivity contribution is 5.69. The van der Waals surface area contributed by atoms with Crippen LogP contribution in [-0.4, -0.2) is 12.1 Å². The van der Waals surface area contributed by atoms with Gasteiger partial charge in [0.1, 0.15) is 6.10 Å². The van der Waals surface area contributed by atoms with Crippen LogP contribution in [0.1, 0.15) is 92.4 Å². The van der Waals surface area contributed by atoms with Crippen molar-refractivity contribution in [2.75, 3.05) is 0 Å². The zero-order valence-corrected chi connectivity index (χ0v) is 14.4. The second-order valence-electron chi connectivity index (χ2n) is 6.41. The summed E-state index contributed by atoms with van der Waals surface area (Å²) in [6, 6.07) is 0. The molecule has 0 N–H and O–H groups in total. The molecule has 0 amide bonds. The number of esters is 1. The molecule has 0 aromatic carbocycles. The second-order valence-corrected chi connectivity index (χ2v) is 6.41. The van der Waals surface area contributed by atoms with E-state index < -0.39 is 0 Å². The molecule has 3 atom stereocenters. The van der Waals surface area contributed by atoms with Crippen LogP contribution in [0.4, 0.5) is 0 Å². The molecule has 0 rings (SSSR count). The maximum atomic E-state index is 11.3. The molecule has 2 heteroatoms. The fourth-order valence-electron chi connectivity index (χ4n) is 2.49. The van der Waals surface area contributed by atoms with E-state index in [1.54, 1.807) is 0 Å². The van der Waals surface area contributed by atoms with Crippen LogP contribution in [0.15, 0.2) is 0 Å². The minimum Gasteiger partial charge on any atom is -0.462 e. The van der Waals surface area contributed by atoms with Crippen LogP contribution in [0.5, 0.6) is 0 Å². The zero-order valence-electron chi connectivity index (χ0n) is 14.4. The summed E-state index contributed by atoms with van der Waals surface area (Å²) < 4.78 is 5.37. The third-order valence-electron chi connectivity index (χ3n) is 4.31. The lowest BCUT2D eigenvalue weighted by Crippen LogP contribution is -2.21. The Hall–Kier alpha value is -0.530. The first-order valence-electron chi connectivity index (χ1n) is 8.70. The van der Waals surface area contributed by atoms with E-state index in [1.807, 2.05) is 13.8 Å². The minimum absolute atomic E-state index is 0.0577. The molecule has 0 bridgehead atoms. The van der Waals surface area contributed by atoms with Gasteiger partial charge in [0, 0.05) is 6.42 Å². The summed E-state index contributed by atoms with van der Waals surface area (Å²) in [6.07, 6.45) is 11.1. The Morgan fingerprint density at radius 2 is 1.55 bits per heavy atom. The van der Waals surface area contributed by atoms with Gasteiger partial charge in [-0.2, -0.15) is 0 Å². The summed E-state index contributed by atoms with van der Waals surface area (Å²) in [4.78, 5) is 11.3. The average molecular weight is 284 g/mol. The summed E-state index contributed by atoms with van der Waals surface area (Å²) in [5, 5.41) is 0. The number of hydrogen-bond acceptors (Lipinski definition) is 2. The summed E-state index contributed by atoms with van der Waals surface area (Å²) >= 11 is 0. The molecule has 0 aromatic rings. The maximum absolute atomic E-state index is 11.3. The van der Waals surface area contributed by atoms with Gasteiger partial charge in [0.25, 0.3) is 0 Å². The van der Waals surface area contributed by atoms with Gasteiger partial charge in [-0.15, -0.1) is 0 Å². The summed E-state index contributed by atoms with van der Waals surface area (Å²) in [7, 11) is 0. The lowest BCUT2D eigenvalue weighted by molar-refractivity contribution is -0.150. The number of hydrogen-bond donors (Lipinski definition) is 0. The molecule has 0 fully saturated rings. The Labute approximate surface area is 126 Å². The van der Waals surface area contributed by atoms with Crippen molar-refractivity contribution in [2.24, 2.45) is 11.8 Å². The maximum Gasteiger partial charge on any atom is 0.305 e. The van der Waals surface area contributed by atoms with E-state index in [9.17, 15) is 4.79 Å². The molecule has 20 heavy (non-hydrogen) atoms. The van der Waals surface area contributed by atoms with Crippen LogP contribution < -0.4 is 0 Å². The van der Waals surface area contributed by atoms with E-state index in [-0.39, 0.29) is 12.1 Å². The largest absolute Gasteiger partial charge is 0.462 e. The first kappa shape index (κ1) is 19.5. The monoisotopic (exact) mass is 284 g/mol. The Balaban J connectivity index is 3.63. The van der Waals surface area contributed by atoms with Crippen LogP contribution in [0.3, 0.4) is 0 Å². The quantitative estimate of drug-likeness (QED) is 0.337. The van der Waals surface area contributed by atoms with Crippen molar-refractivity contribution >= 4 is 5.97 Å². The molecular weight excluding hydrogens is 248 g/mol. The predicted molar refractivity (Wildman–Crippen MR) is 86.8 cm³/mol. The highest BCUT2D eigenvalue weighted by Gasteiger charge is 2.16. The predicted octanol–water partition coefficient (Wildman–Crippen LogP) is 5.74. The summed E-state index contributed by atoms with van der Waals surface area (Å²) in [6.45, 7) is 10.7. The van der Waals surface area contributed by atoms with Gasteiger partial charge in [-0.1, -0.05) is 72.6 Å². The summed E-state index contributed by atoms with van der Waals surface area (Å²) in [5.74, 6) is 1.24. The first-order valence-corrected chi connectivity index (χ1v) is 8.70. The van der Waals surface area contributed by atoms with Gasteiger partial charge in [0.2, 0.25) is 0 Å². The van der Waals surface area contributed by atoms with Gasteiger partial charge in [-0.25, -0.2) is 0 Å². The van der Waals surface area contributed by atoms with Crippen molar-refractivity contribution in [3.05, 3.63) is 0 Å². The molecule has 0 aromatic heterocycles. The first-order chi connectivity index (χ1) is 9.51. The second kappa shape index (κ2) is 12.2. The highest BCUT2D eigenvalue weighted by atomic mass is 16.5. The minimum atomic E-state index is -0.0753. The fourth-order valence-corrected chi connectivity index (χ4v) is 2.49. The van der Waals surface area contributed by atoms with Gasteiger partial charge in [0.15, 0.2) is 0 Å². The number of carbonyl (C=O) groups is 1. The Bertz CT molecular complexity index is 238. The van der Waals surface area contributed by atoms with Gasteiger partial charge in [0.05, 0.1) is 0 Å². The lowest BCUT2D eigenvalue weighted by atomic mass is 9.93. The smallest absolute Gasteiger partial charge is 0.305 e. The number of carbonyl (C=O) groups excluding carboxylic acids is 1. The van der Waals surface area contributed by atoms with Crippen molar-refractivity contribution in [3.63, 3.8) is 0 Å². The third-order valence-corrected chi connectivity index (χ3v) is 4.31. The number of rotatable bonds is 12. The molecule has 0 unspecified atom stereocenters. The van der Waals surface area contributed by atoms with E-state index in [0.717, 1.165) is 12.3 Å². The van der Waals surface area contributed by atoms with Gasteiger partial charge < -0.3 is 4.74 Å². The van der Waals surface area contributed by atoms with E-state index >= 15 is 0 Å². The molecule has 2 nitrogen and oxygen atoms in total. The normalized spacial score (nSPS) is 15.7. The van der Waals surface area contributed by atoms with Crippen LogP contribution in [0, 0.1) is 11.8 Å². The van der Waals surface area contributed by atoms with E-state index in [0.29, 0.717) is 12.3 Å². The number of unbranched alkanes of at least 4 members (excludes halogenated alkanes) is 3. The molecular formula is C18H36O2. The van der Waals surface area contributed by atoms with Crippen LogP contribution in [0.25, 0.3) is 0 Å². The van der Waals surface area contributed by atoms with Crippen LogP contribution in [-0.2, 0) is 9.53 Å². The molecule has 0 aliphatic rings. The zero-order chi connectivity index (χ0) is 15.4. The van der Waals surface area contributed by atoms with Gasteiger partial charge in [-0.3, -0.25) is 4.79 Å². The Kier molecular flexibility index (Phi) is 11.9. The highest BCUT2D eigenvalue weighted by Crippen LogP contribution is 2.21. The Morgan fingerprint density at radius 3 is 2.15 bits per heavy atom. The molecule has 0 saturated heterocycles. The van der Waals surface area contributed by atoms with Crippen molar-refractivity contribution in [1.29, 1.82) is 0 Å². The average Bonchev–Trinajstić information content (AvgIpc) is 2.43. The number of ether oxygens (including phenoxy) is 1. The van der Waals surface area contributed by atoms with Crippen molar-refractivity contribution < 1.29 is 9.53 Å². The van der Waals surface area contributed by atoms with E-state index in [4.69, 9.17) is 4.74 Å². The van der Waals surface area contributed by atoms with Crippen molar-refractivity contribution in [2.45, 2.75) is 98.5 Å². The van der Waals surface area contributed by atoms with Crippen molar-refractivity contribution in [1.82, 2.24) is 0 Å². The van der Waals surface area contributed by atoms with Crippen molar-refractivity contribution in [3.8, 4) is 0 Å². The molecule has 0 aliphatic carbocycles. The van der Waals surface area contributed by atoms with E-state index in [2.05, 4.69) is 20.8 Å². The third kappa shape index (κ3) is 10.3. The topological polar surface area (TPSA) is 26.3 Å². The SMILES string of the molecule is CCCCCC[C@H](C)CCC[C@H](C)[C@H](C)OC(=O)CC. The van der Waals surface area contributed by atoms with Gasteiger partial charge >= 0.3 is 5.97 Å². The molecule has 0 spiro atoms. The molecule has 0 radical (unpaired) electrons. The molecule has 0 aliphatic heterocycles. The Morgan fingerprint density at radius 1 is 0.900 bits per heavy atom. The lowest BCUT2D eigenvalue weighted by Gasteiger charge is -2.21.